The summed E-state index contributed by atoms with van der Waals surface area (Å²) >= 11 is 0. The predicted molar refractivity (Wildman–Crippen MR) is 65.9 cm³/mol. The number of carbonyl (C=O) groups is 2. The topological polar surface area (TPSA) is 66.4 Å². The third-order valence-electron chi connectivity index (χ3n) is 3.79. The third-order valence-corrected chi connectivity index (χ3v) is 3.79. The van der Waals surface area contributed by atoms with Gasteiger partial charge in [0.2, 0.25) is 5.91 Å². The monoisotopic (exact) mass is 295 g/mol. The van der Waals surface area contributed by atoms with Crippen LogP contribution < -0.4 is 5.32 Å². The van der Waals surface area contributed by atoms with Gasteiger partial charge in [0.1, 0.15) is 6.04 Å². The summed E-state index contributed by atoms with van der Waals surface area (Å²) in [6.07, 6.45) is -4.04. The summed E-state index contributed by atoms with van der Waals surface area (Å²) in [6.45, 7) is 3.33. The minimum atomic E-state index is -4.21. The molecule has 1 atom stereocenters. The zero-order valence-electron chi connectivity index (χ0n) is 11.5. The van der Waals surface area contributed by atoms with E-state index in [1.54, 1.807) is 13.8 Å². The average Bonchev–Trinajstić information content (AvgIpc) is 2.34. The van der Waals surface area contributed by atoms with E-state index in [2.05, 4.69) is 5.32 Å². The third kappa shape index (κ3) is 4.38. The first-order valence-electron chi connectivity index (χ1n) is 6.72. The molecule has 0 saturated heterocycles. The van der Waals surface area contributed by atoms with Crippen molar-refractivity contribution in [2.24, 2.45) is 17.8 Å². The van der Waals surface area contributed by atoms with E-state index in [1.165, 1.54) is 0 Å². The van der Waals surface area contributed by atoms with E-state index in [0.717, 1.165) is 0 Å². The molecule has 0 spiro atoms. The first-order valence-corrected chi connectivity index (χ1v) is 6.72. The van der Waals surface area contributed by atoms with Gasteiger partial charge in [-0.25, -0.2) is 4.79 Å². The molecule has 0 aromatic rings. The molecule has 0 unspecified atom stereocenters. The average molecular weight is 295 g/mol. The lowest BCUT2D eigenvalue weighted by Gasteiger charge is -2.30. The van der Waals surface area contributed by atoms with Crippen LogP contribution in [-0.4, -0.2) is 29.2 Å². The zero-order chi connectivity index (χ0) is 15.5. The second kappa shape index (κ2) is 6.45. The van der Waals surface area contributed by atoms with E-state index in [4.69, 9.17) is 5.11 Å². The molecule has 1 saturated carbocycles. The summed E-state index contributed by atoms with van der Waals surface area (Å²) in [5.41, 5.74) is 0. The molecule has 7 heteroatoms. The maximum absolute atomic E-state index is 12.5. The van der Waals surface area contributed by atoms with Gasteiger partial charge in [0.15, 0.2) is 0 Å². The Balaban J connectivity index is 2.53. The Bertz CT molecular complexity index is 360. The number of hydrogen-bond donors (Lipinski definition) is 2. The summed E-state index contributed by atoms with van der Waals surface area (Å²) in [6, 6.07) is -0.997. The molecule has 0 radical (unpaired) electrons. The number of carbonyl (C=O) groups excluding carboxylic acids is 1. The molecular weight excluding hydrogens is 275 g/mol. The van der Waals surface area contributed by atoms with Crippen molar-refractivity contribution in [3.63, 3.8) is 0 Å². The van der Waals surface area contributed by atoms with Crippen LogP contribution in [0.25, 0.3) is 0 Å². The minimum Gasteiger partial charge on any atom is -0.480 e. The van der Waals surface area contributed by atoms with Gasteiger partial charge in [0.05, 0.1) is 5.92 Å². The van der Waals surface area contributed by atoms with Crippen LogP contribution in [0.5, 0.6) is 0 Å². The van der Waals surface area contributed by atoms with Crippen LogP contribution in [0.15, 0.2) is 0 Å². The second-order valence-corrected chi connectivity index (χ2v) is 5.66. The van der Waals surface area contributed by atoms with Gasteiger partial charge in [0, 0.05) is 5.92 Å². The molecule has 0 aromatic carbocycles. The van der Waals surface area contributed by atoms with Crippen LogP contribution in [0.2, 0.25) is 0 Å². The molecule has 1 aliphatic rings. The molecule has 0 heterocycles. The highest BCUT2D eigenvalue weighted by molar-refractivity contribution is 5.85. The molecule has 2 N–H and O–H groups in total. The summed E-state index contributed by atoms with van der Waals surface area (Å²) < 4.78 is 37.5. The van der Waals surface area contributed by atoms with Crippen molar-refractivity contribution in [3.8, 4) is 0 Å². The summed E-state index contributed by atoms with van der Waals surface area (Å²) in [4.78, 5) is 22.9. The molecule has 1 amide bonds. The molecule has 1 rings (SSSR count). The van der Waals surface area contributed by atoms with Crippen molar-refractivity contribution >= 4 is 11.9 Å². The fourth-order valence-electron chi connectivity index (χ4n) is 2.47. The lowest BCUT2D eigenvalue weighted by Crippen LogP contribution is -2.47. The Morgan fingerprint density at radius 2 is 1.65 bits per heavy atom. The van der Waals surface area contributed by atoms with Crippen LogP contribution in [0.4, 0.5) is 13.2 Å². The lowest BCUT2D eigenvalue weighted by atomic mass is 9.81. The summed E-state index contributed by atoms with van der Waals surface area (Å²) in [5, 5.41) is 11.4. The predicted octanol–water partition coefficient (Wildman–Crippen LogP) is 2.58. The number of halogens is 3. The van der Waals surface area contributed by atoms with Crippen LogP contribution in [0.3, 0.4) is 0 Å². The number of rotatable bonds is 4. The molecule has 4 nitrogen and oxygen atoms in total. The Morgan fingerprint density at radius 3 is 2.00 bits per heavy atom. The van der Waals surface area contributed by atoms with Crippen molar-refractivity contribution in [2.45, 2.75) is 51.7 Å². The van der Waals surface area contributed by atoms with Gasteiger partial charge in [-0.15, -0.1) is 0 Å². The molecule has 1 fully saturated rings. The van der Waals surface area contributed by atoms with E-state index < -0.39 is 35.9 Å². The van der Waals surface area contributed by atoms with Crippen molar-refractivity contribution in [2.75, 3.05) is 0 Å². The minimum absolute atomic E-state index is 0.0684. The quantitative estimate of drug-likeness (QED) is 0.837. The summed E-state index contributed by atoms with van der Waals surface area (Å²) in [7, 11) is 0. The molecule has 0 aromatic heterocycles. The van der Waals surface area contributed by atoms with E-state index in [0.29, 0.717) is 0 Å². The molecule has 20 heavy (non-hydrogen) atoms. The molecular formula is C13H20F3NO3. The number of aliphatic carboxylic acids is 1. The van der Waals surface area contributed by atoms with Crippen molar-refractivity contribution < 1.29 is 27.9 Å². The van der Waals surface area contributed by atoms with Crippen molar-refractivity contribution in [1.82, 2.24) is 5.32 Å². The normalized spacial score (nSPS) is 25.3. The number of hydrogen-bond acceptors (Lipinski definition) is 2. The van der Waals surface area contributed by atoms with Crippen LogP contribution in [0, 0.1) is 17.8 Å². The highest BCUT2D eigenvalue weighted by atomic mass is 19.4. The number of nitrogens with one attached hydrogen (secondary N) is 1. The first-order chi connectivity index (χ1) is 9.12. The van der Waals surface area contributed by atoms with Crippen LogP contribution >= 0.6 is 0 Å². The fraction of sp³-hybridized carbons (Fsp3) is 0.846. The van der Waals surface area contributed by atoms with Gasteiger partial charge in [-0.1, -0.05) is 13.8 Å². The smallest absolute Gasteiger partial charge is 0.391 e. The number of carboxylic acid groups (broad SMARTS) is 1. The second-order valence-electron chi connectivity index (χ2n) is 5.66. The molecule has 1 aliphatic carbocycles. The largest absolute Gasteiger partial charge is 0.480 e. The van der Waals surface area contributed by atoms with Gasteiger partial charge in [-0.2, -0.15) is 13.2 Å². The van der Waals surface area contributed by atoms with Crippen LogP contribution in [0.1, 0.15) is 39.5 Å². The van der Waals surface area contributed by atoms with Gasteiger partial charge in [-0.05, 0) is 31.6 Å². The van der Waals surface area contributed by atoms with Gasteiger partial charge >= 0.3 is 12.1 Å². The highest BCUT2D eigenvalue weighted by Gasteiger charge is 2.42. The Kier molecular flexibility index (Phi) is 5.42. The number of carboxylic acids is 1. The first kappa shape index (κ1) is 16.8. The Morgan fingerprint density at radius 1 is 1.15 bits per heavy atom. The maximum atomic E-state index is 12.5. The molecule has 0 aliphatic heterocycles. The van der Waals surface area contributed by atoms with Gasteiger partial charge in [-0.3, -0.25) is 4.79 Å². The fourth-order valence-corrected chi connectivity index (χ4v) is 2.47. The molecule has 116 valence electrons. The highest BCUT2D eigenvalue weighted by Crippen LogP contribution is 2.39. The van der Waals surface area contributed by atoms with Gasteiger partial charge in [0.25, 0.3) is 0 Å². The van der Waals surface area contributed by atoms with Crippen molar-refractivity contribution in [1.29, 1.82) is 0 Å². The van der Waals surface area contributed by atoms with Crippen LogP contribution in [-0.2, 0) is 9.59 Å². The van der Waals surface area contributed by atoms with Crippen molar-refractivity contribution in [3.05, 3.63) is 0 Å². The SMILES string of the molecule is CC(C)[C@H](NC(=O)C1CCC(C(F)(F)F)CC1)C(=O)O. The van der Waals surface area contributed by atoms with E-state index in [9.17, 15) is 22.8 Å². The van der Waals surface area contributed by atoms with Gasteiger partial charge < -0.3 is 10.4 Å². The van der Waals surface area contributed by atoms with E-state index in [-0.39, 0.29) is 31.6 Å². The summed E-state index contributed by atoms with van der Waals surface area (Å²) in [5.74, 6) is -3.71. The van der Waals surface area contributed by atoms with E-state index >= 15 is 0 Å². The molecule has 0 bridgehead atoms. The Labute approximate surface area is 115 Å². The number of amides is 1. The maximum Gasteiger partial charge on any atom is 0.391 e. The van der Waals surface area contributed by atoms with E-state index in [1.807, 2.05) is 0 Å². The number of alkyl halides is 3. The lowest BCUT2D eigenvalue weighted by molar-refractivity contribution is -0.184. The Hall–Kier alpha value is -1.27. The zero-order valence-corrected chi connectivity index (χ0v) is 11.5. The standard InChI is InChI=1S/C13H20F3NO3/c1-7(2)10(12(19)20)17-11(18)8-3-5-9(6-4-8)13(14,15)16/h7-10H,3-6H2,1-2H3,(H,17,18)(H,19,20)/t8?,9?,10-/m0/s1.